The van der Waals surface area contributed by atoms with Gasteiger partial charge in [0.05, 0.1) is 5.56 Å². The molecule has 1 aliphatic heterocycles. The molecule has 1 aromatic rings. The zero-order valence-corrected chi connectivity index (χ0v) is 12.1. The molecule has 108 valence electrons. The summed E-state index contributed by atoms with van der Waals surface area (Å²) in [6.07, 6.45) is 7.27. The maximum absolute atomic E-state index is 12.8. The summed E-state index contributed by atoms with van der Waals surface area (Å²) >= 11 is 0. The first kappa shape index (κ1) is 13.5. The largest absolute Gasteiger partial charge is 0.507 e. The Kier molecular flexibility index (Phi) is 3.68. The van der Waals surface area contributed by atoms with E-state index in [1.54, 1.807) is 6.07 Å². The first-order chi connectivity index (χ1) is 9.68. The van der Waals surface area contributed by atoms with Crippen molar-refractivity contribution in [2.45, 2.75) is 51.5 Å². The molecule has 0 aromatic heterocycles. The molecule has 1 saturated heterocycles. The van der Waals surface area contributed by atoms with E-state index in [0.29, 0.717) is 17.5 Å². The summed E-state index contributed by atoms with van der Waals surface area (Å²) in [5.74, 6) is 0.839. The predicted octanol–water partition coefficient (Wildman–Crippen LogP) is 3.50. The van der Waals surface area contributed by atoms with Gasteiger partial charge in [-0.25, -0.2) is 0 Å². The van der Waals surface area contributed by atoms with Crippen molar-refractivity contribution in [3.8, 4) is 5.75 Å². The van der Waals surface area contributed by atoms with Gasteiger partial charge in [-0.1, -0.05) is 25.0 Å². The minimum Gasteiger partial charge on any atom is -0.507 e. The van der Waals surface area contributed by atoms with E-state index in [9.17, 15) is 9.90 Å². The summed E-state index contributed by atoms with van der Waals surface area (Å²) < 4.78 is 0. The third kappa shape index (κ3) is 2.30. The van der Waals surface area contributed by atoms with Gasteiger partial charge in [-0.2, -0.15) is 0 Å². The molecule has 1 saturated carbocycles. The molecule has 1 aliphatic carbocycles. The van der Waals surface area contributed by atoms with Crippen molar-refractivity contribution >= 4 is 5.91 Å². The lowest BCUT2D eigenvalue weighted by atomic mass is 9.78. The van der Waals surface area contributed by atoms with E-state index in [-0.39, 0.29) is 11.7 Å². The van der Waals surface area contributed by atoms with Gasteiger partial charge in [0, 0.05) is 12.6 Å². The molecule has 3 rings (SSSR count). The summed E-state index contributed by atoms with van der Waals surface area (Å²) in [7, 11) is 0. The van der Waals surface area contributed by atoms with E-state index in [4.69, 9.17) is 0 Å². The zero-order valence-electron chi connectivity index (χ0n) is 12.1. The second-order valence-corrected chi connectivity index (χ2v) is 6.22. The quantitative estimate of drug-likeness (QED) is 0.850. The SMILES string of the molecule is Cc1cccc(C(=O)N2CCCC3CCCCC32)c1O. The number of rotatable bonds is 1. The van der Waals surface area contributed by atoms with Crippen LogP contribution in [0.15, 0.2) is 18.2 Å². The van der Waals surface area contributed by atoms with Gasteiger partial charge in [0.2, 0.25) is 0 Å². The van der Waals surface area contributed by atoms with Crippen LogP contribution in [0.1, 0.15) is 54.4 Å². The maximum Gasteiger partial charge on any atom is 0.257 e. The number of piperidine rings is 1. The third-order valence-corrected chi connectivity index (χ3v) is 4.97. The summed E-state index contributed by atoms with van der Waals surface area (Å²) in [5.41, 5.74) is 1.24. The smallest absolute Gasteiger partial charge is 0.257 e. The van der Waals surface area contributed by atoms with Crippen molar-refractivity contribution in [1.82, 2.24) is 4.90 Å². The van der Waals surface area contributed by atoms with Crippen LogP contribution >= 0.6 is 0 Å². The molecule has 1 N–H and O–H groups in total. The maximum atomic E-state index is 12.8. The average Bonchev–Trinajstić information content (AvgIpc) is 2.49. The first-order valence-corrected chi connectivity index (χ1v) is 7.78. The Morgan fingerprint density at radius 3 is 2.80 bits per heavy atom. The van der Waals surface area contributed by atoms with Gasteiger partial charge in [0.25, 0.3) is 5.91 Å². The number of hydrogen-bond donors (Lipinski definition) is 1. The lowest BCUT2D eigenvalue weighted by Crippen LogP contribution is -2.49. The molecule has 0 spiro atoms. The number of aromatic hydroxyl groups is 1. The number of fused-ring (bicyclic) bond motifs is 1. The van der Waals surface area contributed by atoms with Crippen LogP contribution in [-0.4, -0.2) is 28.5 Å². The van der Waals surface area contributed by atoms with Crippen LogP contribution in [0, 0.1) is 12.8 Å². The van der Waals surface area contributed by atoms with E-state index in [1.165, 1.54) is 25.7 Å². The molecular weight excluding hydrogens is 250 g/mol. The highest BCUT2D eigenvalue weighted by Crippen LogP contribution is 2.36. The lowest BCUT2D eigenvalue weighted by Gasteiger charge is -2.44. The number of phenolic OH excluding ortho intramolecular Hbond substituents is 1. The highest BCUT2D eigenvalue weighted by atomic mass is 16.3. The number of aryl methyl sites for hydroxylation is 1. The van der Waals surface area contributed by atoms with Crippen LogP contribution in [0.3, 0.4) is 0 Å². The van der Waals surface area contributed by atoms with Crippen molar-refractivity contribution in [1.29, 1.82) is 0 Å². The molecule has 1 heterocycles. The summed E-state index contributed by atoms with van der Waals surface area (Å²) in [6.45, 7) is 2.68. The normalized spacial score (nSPS) is 26.1. The van der Waals surface area contributed by atoms with Crippen molar-refractivity contribution < 1.29 is 9.90 Å². The van der Waals surface area contributed by atoms with Crippen LogP contribution in [-0.2, 0) is 0 Å². The summed E-state index contributed by atoms with van der Waals surface area (Å²) in [6, 6.07) is 5.83. The average molecular weight is 273 g/mol. The lowest BCUT2D eigenvalue weighted by molar-refractivity contribution is 0.0388. The Labute approximate surface area is 120 Å². The van der Waals surface area contributed by atoms with E-state index in [1.807, 2.05) is 24.0 Å². The van der Waals surface area contributed by atoms with Gasteiger partial charge in [-0.3, -0.25) is 4.79 Å². The number of nitrogens with zero attached hydrogens (tertiary/aromatic N) is 1. The fourth-order valence-corrected chi connectivity index (χ4v) is 3.86. The molecule has 0 radical (unpaired) electrons. The molecule has 0 bridgehead atoms. The fourth-order valence-electron chi connectivity index (χ4n) is 3.86. The third-order valence-electron chi connectivity index (χ3n) is 4.97. The molecule has 3 heteroatoms. The van der Waals surface area contributed by atoms with Crippen LogP contribution in [0.4, 0.5) is 0 Å². The monoisotopic (exact) mass is 273 g/mol. The first-order valence-electron chi connectivity index (χ1n) is 7.78. The molecule has 2 atom stereocenters. The minimum atomic E-state index is 0.0165. The van der Waals surface area contributed by atoms with Gasteiger partial charge in [-0.05, 0) is 50.2 Å². The molecule has 2 fully saturated rings. The Hall–Kier alpha value is -1.51. The van der Waals surface area contributed by atoms with Gasteiger partial charge in [0.1, 0.15) is 5.75 Å². The van der Waals surface area contributed by atoms with Gasteiger partial charge in [0.15, 0.2) is 0 Å². The number of phenols is 1. The number of likely N-dealkylation sites (tertiary alicyclic amines) is 1. The fraction of sp³-hybridized carbons (Fsp3) is 0.588. The van der Waals surface area contributed by atoms with Crippen molar-refractivity contribution in [3.05, 3.63) is 29.3 Å². The molecular formula is C17H23NO2. The van der Waals surface area contributed by atoms with Crippen LogP contribution in [0.25, 0.3) is 0 Å². The highest BCUT2D eigenvalue weighted by Gasteiger charge is 2.36. The Balaban J connectivity index is 1.87. The number of carbonyl (C=O) groups excluding carboxylic acids is 1. The second kappa shape index (κ2) is 5.47. The van der Waals surface area contributed by atoms with E-state index in [2.05, 4.69) is 0 Å². The van der Waals surface area contributed by atoms with E-state index < -0.39 is 0 Å². The number of benzene rings is 1. The number of amides is 1. The highest BCUT2D eigenvalue weighted by molar-refractivity contribution is 5.97. The molecule has 1 amide bonds. The van der Waals surface area contributed by atoms with Gasteiger partial charge < -0.3 is 10.0 Å². The van der Waals surface area contributed by atoms with Crippen molar-refractivity contribution in [3.63, 3.8) is 0 Å². The predicted molar refractivity (Wildman–Crippen MR) is 78.9 cm³/mol. The Morgan fingerprint density at radius 2 is 1.95 bits per heavy atom. The number of carbonyl (C=O) groups is 1. The number of hydrogen-bond acceptors (Lipinski definition) is 2. The standard InChI is InChI=1S/C17H23NO2/c1-12-6-4-9-14(16(12)19)17(20)18-11-5-8-13-7-2-3-10-15(13)18/h4,6,9,13,15,19H,2-3,5,7-8,10-11H2,1H3. The van der Waals surface area contributed by atoms with E-state index >= 15 is 0 Å². The molecule has 2 unspecified atom stereocenters. The van der Waals surface area contributed by atoms with Crippen molar-refractivity contribution in [2.75, 3.05) is 6.54 Å². The Bertz CT molecular complexity index is 510. The molecule has 2 aliphatic rings. The molecule has 3 nitrogen and oxygen atoms in total. The summed E-state index contributed by atoms with van der Waals surface area (Å²) in [4.78, 5) is 14.8. The van der Waals surface area contributed by atoms with Crippen LogP contribution in [0.2, 0.25) is 0 Å². The van der Waals surface area contributed by atoms with Crippen molar-refractivity contribution in [2.24, 2.45) is 5.92 Å². The molecule has 1 aromatic carbocycles. The number of para-hydroxylation sites is 1. The van der Waals surface area contributed by atoms with Gasteiger partial charge >= 0.3 is 0 Å². The minimum absolute atomic E-state index is 0.0165. The molecule has 20 heavy (non-hydrogen) atoms. The second-order valence-electron chi connectivity index (χ2n) is 6.22. The summed E-state index contributed by atoms with van der Waals surface area (Å²) in [5, 5.41) is 10.1. The Morgan fingerprint density at radius 1 is 1.20 bits per heavy atom. The zero-order chi connectivity index (χ0) is 14.1. The van der Waals surface area contributed by atoms with E-state index in [0.717, 1.165) is 24.9 Å². The van der Waals surface area contributed by atoms with Crippen LogP contribution < -0.4 is 0 Å². The van der Waals surface area contributed by atoms with Crippen LogP contribution in [0.5, 0.6) is 5.75 Å². The topological polar surface area (TPSA) is 40.5 Å². The van der Waals surface area contributed by atoms with Gasteiger partial charge in [-0.15, -0.1) is 0 Å².